The molecule has 0 bridgehead atoms. The zero-order chi connectivity index (χ0) is 15.6. The SMILES string of the molecule is CC(C)n1nc(N)cc1COc1ccc(C(F)(F)F)cc1. The number of nitrogens with zero attached hydrogens (tertiary/aromatic N) is 2. The predicted molar refractivity (Wildman–Crippen MR) is 72.8 cm³/mol. The van der Waals surface area contributed by atoms with Gasteiger partial charge in [0.2, 0.25) is 0 Å². The van der Waals surface area contributed by atoms with Crippen molar-refractivity contribution in [2.45, 2.75) is 32.7 Å². The first-order valence-electron chi connectivity index (χ1n) is 6.41. The summed E-state index contributed by atoms with van der Waals surface area (Å²) in [6, 6.07) is 6.37. The van der Waals surface area contributed by atoms with Gasteiger partial charge in [-0.15, -0.1) is 0 Å². The molecule has 0 atom stereocenters. The molecule has 0 saturated heterocycles. The average molecular weight is 299 g/mol. The van der Waals surface area contributed by atoms with E-state index in [2.05, 4.69) is 5.10 Å². The highest BCUT2D eigenvalue weighted by molar-refractivity contribution is 5.31. The summed E-state index contributed by atoms with van der Waals surface area (Å²) >= 11 is 0. The van der Waals surface area contributed by atoms with Gasteiger partial charge in [-0.1, -0.05) is 0 Å². The number of nitrogen functional groups attached to an aromatic ring is 1. The highest BCUT2D eigenvalue weighted by atomic mass is 19.4. The van der Waals surface area contributed by atoms with Gasteiger partial charge >= 0.3 is 6.18 Å². The number of hydrogen-bond acceptors (Lipinski definition) is 3. The fourth-order valence-corrected chi connectivity index (χ4v) is 1.91. The minimum atomic E-state index is -4.34. The molecule has 2 aromatic rings. The van der Waals surface area contributed by atoms with Crippen LogP contribution in [0.5, 0.6) is 5.75 Å². The molecule has 1 aromatic heterocycles. The number of hydrogen-bond donors (Lipinski definition) is 1. The van der Waals surface area contributed by atoms with Crippen molar-refractivity contribution >= 4 is 5.82 Å². The van der Waals surface area contributed by atoms with Crippen molar-refractivity contribution in [3.63, 3.8) is 0 Å². The number of anilines is 1. The van der Waals surface area contributed by atoms with Crippen molar-refractivity contribution in [3.05, 3.63) is 41.6 Å². The monoisotopic (exact) mass is 299 g/mol. The van der Waals surface area contributed by atoms with Gasteiger partial charge in [-0.05, 0) is 38.1 Å². The Balaban J connectivity index is 2.07. The maximum atomic E-state index is 12.4. The quantitative estimate of drug-likeness (QED) is 0.937. The van der Waals surface area contributed by atoms with Gasteiger partial charge in [0.15, 0.2) is 0 Å². The first kappa shape index (κ1) is 15.2. The van der Waals surface area contributed by atoms with Crippen LogP contribution < -0.4 is 10.5 Å². The molecular formula is C14H16F3N3O. The van der Waals surface area contributed by atoms with Gasteiger partial charge in [0, 0.05) is 12.1 Å². The van der Waals surface area contributed by atoms with Crippen LogP contribution >= 0.6 is 0 Å². The second-order valence-corrected chi connectivity index (χ2v) is 4.91. The van der Waals surface area contributed by atoms with E-state index < -0.39 is 11.7 Å². The summed E-state index contributed by atoms with van der Waals surface area (Å²) in [4.78, 5) is 0. The van der Waals surface area contributed by atoms with Crippen LogP contribution in [0.3, 0.4) is 0 Å². The molecule has 0 aliphatic carbocycles. The Morgan fingerprint density at radius 1 is 1.24 bits per heavy atom. The Kier molecular flexibility index (Phi) is 4.11. The second kappa shape index (κ2) is 5.67. The number of alkyl halides is 3. The zero-order valence-electron chi connectivity index (χ0n) is 11.7. The minimum Gasteiger partial charge on any atom is -0.487 e. The molecule has 0 fully saturated rings. The number of ether oxygens (including phenoxy) is 1. The van der Waals surface area contributed by atoms with Crippen molar-refractivity contribution in [1.29, 1.82) is 0 Å². The molecule has 1 aromatic carbocycles. The molecule has 0 saturated carbocycles. The van der Waals surface area contributed by atoms with Gasteiger partial charge in [0.25, 0.3) is 0 Å². The van der Waals surface area contributed by atoms with E-state index >= 15 is 0 Å². The number of halogens is 3. The predicted octanol–water partition coefficient (Wildman–Crippen LogP) is 3.64. The van der Waals surface area contributed by atoms with E-state index in [0.29, 0.717) is 11.6 Å². The summed E-state index contributed by atoms with van der Waals surface area (Å²) in [5.41, 5.74) is 5.71. The summed E-state index contributed by atoms with van der Waals surface area (Å²) in [6.45, 7) is 4.09. The van der Waals surface area contributed by atoms with Crippen molar-refractivity contribution in [2.24, 2.45) is 0 Å². The molecule has 0 spiro atoms. The molecule has 0 unspecified atom stereocenters. The standard InChI is InChI=1S/C14H16F3N3O/c1-9(2)20-11(7-13(18)19-20)8-21-12-5-3-10(4-6-12)14(15,16)17/h3-7,9H,8H2,1-2H3,(H2,18,19). The molecule has 4 nitrogen and oxygen atoms in total. The van der Waals surface area contributed by atoms with Gasteiger partial charge in [0.1, 0.15) is 18.2 Å². The number of nitrogens with two attached hydrogens (primary N) is 1. The highest BCUT2D eigenvalue weighted by Crippen LogP contribution is 2.30. The zero-order valence-corrected chi connectivity index (χ0v) is 11.7. The van der Waals surface area contributed by atoms with Crippen molar-refractivity contribution in [3.8, 4) is 5.75 Å². The normalized spacial score (nSPS) is 11.9. The third-order valence-electron chi connectivity index (χ3n) is 2.89. The number of aromatic nitrogens is 2. The molecule has 0 aliphatic heterocycles. The Morgan fingerprint density at radius 3 is 2.38 bits per heavy atom. The van der Waals surface area contributed by atoms with E-state index in [1.54, 1.807) is 10.7 Å². The van der Waals surface area contributed by atoms with Crippen LogP contribution in [0, 0.1) is 0 Å². The van der Waals surface area contributed by atoms with Crippen molar-refractivity contribution in [1.82, 2.24) is 9.78 Å². The van der Waals surface area contributed by atoms with Crippen LogP contribution in [-0.4, -0.2) is 9.78 Å². The molecule has 1 heterocycles. The van der Waals surface area contributed by atoms with Crippen LogP contribution in [0.2, 0.25) is 0 Å². The Bertz CT molecular complexity index is 603. The van der Waals surface area contributed by atoms with E-state index in [-0.39, 0.29) is 12.6 Å². The summed E-state index contributed by atoms with van der Waals surface area (Å²) in [5, 5.41) is 4.13. The van der Waals surface area contributed by atoms with Crippen LogP contribution in [-0.2, 0) is 12.8 Å². The Hall–Kier alpha value is -2.18. The first-order valence-corrected chi connectivity index (χ1v) is 6.41. The summed E-state index contributed by atoms with van der Waals surface area (Å²) < 4.78 is 44.5. The fourth-order valence-electron chi connectivity index (χ4n) is 1.91. The molecule has 114 valence electrons. The summed E-state index contributed by atoms with van der Waals surface area (Å²) in [6.07, 6.45) is -4.34. The lowest BCUT2D eigenvalue weighted by atomic mass is 10.2. The van der Waals surface area contributed by atoms with E-state index in [1.165, 1.54) is 12.1 Å². The molecule has 0 aliphatic rings. The maximum Gasteiger partial charge on any atom is 0.416 e. The molecule has 0 radical (unpaired) electrons. The summed E-state index contributed by atoms with van der Waals surface area (Å²) in [7, 11) is 0. The molecule has 2 N–H and O–H groups in total. The molecular weight excluding hydrogens is 283 g/mol. The van der Waals surface area contributed by atoms with Gasteiger partial charge in [-0.3, -0.25) is 4.68 Å². The van der Waals surface area contributed by atoms with E-state index in [1.807, 2.05) is 13.8 Å². The molecule has 21 heavy (non-hydrogen) atoms. The van der Waals surface area contributed by atoms with Crippen LogP contribution in [0.1, 0.15) is 31.1 Å². The molecule has 2 rings (SSSR count). The van der Waals surface area contributed by atoms with E-state index in [9.17, 15) is 13.2 Å². The lowest BCUT2D eigenvalue weighted by Crippen LogP contribution is -2.10. The lowest BCUT2D eigenvalue weighted by Gasteiger charge is -2.12. The van der Waals surface area contributed by atoms with Gasteiger partial charge < -0.3 is 10.5 Å². The van der Waals surface area contributed by atoms with Gasteiger partial charge in [0.05, 0.1) is 11.3 Å². The average Bonchev–Trinajstić information content (AvgIpc) is 2.77. The second-order valence-electron chi connectivity index (χ2n) is 4.91. The molecule has 7 heteroatoms. The number of rotatable bonds is 4. The van der Waals surface area contributed by atoms with Crippen LogP contribution in [0.4, 0.5) is 19.0 Å². The lowest BCUT2D eigenvalue weighted by molar-refractivity contribution is -0.137. The van der Waals surface area contributed by atoms with Crippen LogP contribution in [0.25, 0.3) is 0 Å². The fraction of sp³-hybridized carbons (Fsp3) is 0.357. The maximum absolute atomic E-state index is 12.4. The van der Waals surface area contributed by atoms with E-state index in [0.717, 1.165) is 17.8 Å². The van der Waals surface area contributed by atoms with Gasteiger partial charge in [-0.2, -0.15) is 18.3 Å². The van der Waals surface area contributed by atoms with Crippen molar-refractivity contribution in [2.75, 3.05) is 5.73 Å². The largest absolute Gasteiger partial charge is 0.487 e. The third kappa shape index (κ3) is 3.68. The summed E-state index contributed by atoms with van der Waals surface area (Å²) in [5.74, 6) is 0.743. The third-order valence-corrected chi connectivity index (χ3v) is 2.89. The number of benzene rings is 1. The topological polar surface area (TPSA) is 53.1 Å². The van der Waals surface area contributed by atoms with Crippen LogP contribution in [0.15, 0.2) is 30.3 Å². The minimum absolute atomic E-state index is 0.119. The Labute approximate surface area is 120 Å². The van der Waals surface area contributed by atoms with Gasteiger partial charge in [-0.25, -0.2) is 0 Å². The van der Waals surface area contributed by atoms with Crippen molar-refractivity contribution < 1.29 is 17.9 Å². The highest BCUT2D eigenvalue weighted by Gasteiger charge is 2.30. The molecule has 0 amide bonds. The van der Waals surface area contributed by atoms with E-state index in [4.69, 9.17) is 10.5 Å². The Morgan fingerprint density at radius 2 is 1.86 bits per heavy atom. The first-order chi connectivity index (χ1) is 9.77. The smallest absolute Gasteiger partial charge is 0.416 e.